The maximum atomic E-state index is 11.8. The zero-order chi connectivity index (χ0) is 16.9. The molecule has 0 saturated heterocycles. The van der Waals surface area contributed by atoms with Gasteiger partial charge in [0.25, 0.3) is 5.91 Å². The molecule has 2 N–H and O–H groups in total. The lowest BCUT2D eigenvalue weighted by molar-refractivity contribution is -0.401. The van der Waals surface area contributed by atoms with Gasteiger partial charge in [0, 0.05) is 24.2 Å². The average Bonchev–Trinajstić information content (AvgIpc) is 3.24. The minimum absolute atomic E-state index is 0.211. The van der Waals surface area contributed by atoms with Gasteiger partial charge in [-0.1, -0.05) is 0 Å². The van der Waals surface area contributed by atoms with Gasteiger partial charge in [-0.3, -0.25) is 25.0 Å². The van der Waals surface area contributed by atoms with Crippen molar-refractivity contribution in [2.24, 2.45) is 5.10 Å². The van der Waals surface area contributed by atoms with Crippen LogP contribution < -0.4 is 5.43 Å². The van der Waals surface area contributed by atoms with Gasteiger partial charge in [0.05, 0.1) is 17.8 Å². The van der Waals surface area contributed by atoms with E-state index in [0.29, 0.717) is 16.8 Å². The second-order valence-corrected chi connectivity index (χ2v) is 4.53. The van der Waals surface area contributed by atoms with E-state index < -0.39 is 10.8 Å². The van der Waals surface area contributed by atoms with Crippen molar-refractivity contribution in [1.82, 2.24) is 20.6 Å². The molecule has 0 fully saturated rings. The first kappa shape index (κ1) is 15.1. The van der Waals surface area contributed by atoms with Gasteiger partial charge >= 0.3 is 5.88 Å². The van der Waals surface area contributed by atoms with E-state index in [1.165, 1.54) is 30.7 Å². The van der Waals surface area contributed by atoms with Crippen molar-refractivity contribution in [2.45, 2.75) is 0 Å². The Hall–Kier alpha value is -3.82. The van der Waals surface area contributed by atoms with E-state index in [2.05, 4.69) is 25.7 Å². The van der Waals surface area contributed by atoms with E-state index in [9.17, 15) is 14.9 Å². The third kappa shape index (κ3) is 3.16. The Morgan fingerprint density at radius 1 is 1.42 bits per heavy atom. The molecular formula is C14H10N6O4. The standard InChI is InChI=1S/C14H10N6O4/c21-14(9-2-1-5-15-6-9)19-17-8-10-7-16-18-13(10)11-3-4-12(24-11)20(22)23/h1-8H,(H,16,18)(H,19,21)/b17-8+. The molecule has 0 aromatic carbocycles. The number of nitro groups is 1. The van der Waals surface area contributed by atoms with Crippen molar-refractivity contribution in [2.75, 3.05) is 0 Å². The predicted molar refractivity (Wildman–Crippen MR) is 82.2 cm³/mol. The highest BCUT2D eigenvalue weighted by molar-refractivity contribution is 5.95. The second-order valence-electron chi connectivity index (χ2n) is 4.53. The minimum atomic E-state index is -0.641. The Labute approximate surface area is 134 Å². The molecule has 24 heavy (non-hydrogen) atoms. The molecule has 0 atom stereocenters. The van der Waals surface area contributed by atoms with Crippen molar-refractivity contribution >= 4 is 18.0 Å². The molecule has 3 heterocycles. The van der Waals surface area contributed by atoms with Crippen LogP contribution in [0.25, 0.3) is 11.5 Å². The Morgan fingerprint density at radius 2 is 2.29 bits per heavy atom. The van der Waals surface area contributed by atoms with Crippen molar-refractivity contribution in [3.8, 4) is 11.5 Å². The van der Waals surface area contributed by atoms with Crippen molar-refractivity contribution in [3.05, 3.63) is 64.1 Å². The maximum absolute atomic E-state index is 11.8. The second kappa shape index (κ2) is 6.52. The first-order valence-corrected chi connectivity index (χ1v) is 6.67. The summed E-state index contributed by atoms with van der Waals surface area (Å²) in [6.07, 6.45) is 5.83. The van der Waals surface area contributed by atoms with E-state index >= 15 is 0 Å². The predicted octanol–water partition coefficient (Wildman–Crippen LogP) is 1.74. The van der Waals surface area contributed by atoms with Crippen LogP contribution in [0.4, 0.5) is 5.88 Å². The number of hydrazone groups is 1. The molecule has 10 nitrogen and oxygen atoms in total. The van der Waals surface area contributed by atoms with Gasteiger partial charge in [0.15, 0.2) is 5.76 Å². The van der Waals surface area contributed by atoms with E-state index in [1.807, 2.05) is 0 Å². The first-order chi connectivity index (χ1) is 11.6. The van der Waals surface area contributed by atoms with Crippen LogP contribution in [0, 0.1) is 10.1 Å². The lowest BCUT2D eigenvalue weighted by Gasteiger charge is -1.98. The molecule has 3 aromatic rings. The number of amides is 1. The van der Waals surface area contributed by atoms with Gasteiger partial charge in [0.1, 0.15) is 10.6 Å². The Balaban J connectivity index is 1.73. The summed E-state index contributed by atoms with van der Waals surface area (Å²) in [7, 11) is 0. The SMILES string of the molecule is O=C(N/N=C/c1c[nH]nc1-c1ccc([N+](=O)[O-])o1)c1cccnc1. The third-order valence-electron chi connectivity index (χ3n) is 2.97. The Bertz CT molecular complexity index is 899. The van der Waals surface area contributed by atoms with Crippen LogP contribution in [-0.4, -0.2) is 32.2 Å². The molecule has 0 aliphatic carbocycles. The zero-order valence-electron chi connectivity index (χ0n) is 12.0. The van der Waals surface area contributed by atoms with Gasteiger partial charge in [-0.05, 0) is 18.2 Å². The molecule has 10 heteroatoms. The highest BCUT2D eigenvalue weighted by Gasteiger charge is 2.17. The molecular weight excluding hydrogens is 316 g/mol. The average molecular weight is 326 g/mol. The highest BCUT2D eigenvalue weighted by Crippen LogP contribution is 2.26. The molecule has 0 aliphatic rings. The van der Waals surface area contributed by atoms with Crippen LogP contribution in [0.5, 0.6) is 0 Å². The van der Waals surface area contributed by atoms with Crippen LogP contribution >= 0.6 is 0 Å². The lowest BCUT2D eigenvalue weighted by atomic mass is 10.2. The molecule has 0 saturated carbocycles. The van der Waals surface area contributed by atoms with Crippen LogP contribution in [0.3, 0.4) is 0 Å². The maximum Gasteiger partial charge on any atom is 0.433 e. The minimum Gasteiger partial charge on any atom is -0.399 e. The number of carbonyl (C=O) groups excluding carboxylic acids is 1. The molecule has 120 valence electrons. The fourth-order valence-electron chi connectivity index (χ4n) is 1.87. The van der Waals surface area contributed by atoms with Crippen LogP contribution in [0.2, 0.25) is 0 Å². The van der Waals surface area contributed by atoms with E-state index in [-0.39, 0.29) is 11.6 Å². The van der Waals surface area contributed by atoms with Crippen LogP contribution in [0.1, 0.15) is 15.9 Å². The summed E-state index contributed by atoms with van der Waals surface area (Å²) in [5.41, 5.74) is 3.54. The number of furan rings is 1. The smallest absolute Gasteiger partial charge is 0.399 e. The fraction of sp³-hybridized carbons (Fsp3) is 0. The van der Waals surface area contributed by atoms with Gasteiger partial charge < -0.3 is 4.42 Å². The molecule has 0 aliphatic heterocycles. The fourth-order valence-corrected chi connectivity index (χ4v) is 1.87. The summed E-state index contributed by atoms with van der Waals surface area (Å²) in [6.45, 7) is 0. The quantitative estimate of drug-likeness (QED) is 0.416. The number of nitrogens with zero attached hydrogens (tertiary/aromatic N) is 4. The summed E-state index contributed by atoms with van der Waals surface area (Å²) >= 11 is 0. The monoisotopic (exact) mass is 326 g/mol. The van der Waals surface area contributed by atoms with Crippen LogP contribution in [0.15, 0.2) is 52.4 Å². The number of hydrogen-bond donors (Lipinski definition) is 2. The van der Waals surface area contributed by atoms with Gasteiger partial charge in [0.2, 0.25) is 0 Å². The summed E-state index contributed by atoms with van der Waals surface area (Å²) in [5, 5.41) is 21.1. The zero-order valence-corrected chi connectivity index (χ0v) is 12.0. The number of H-pyrrole nitrogens is 1. The highest BCUT2D eigenvalue weighted by atomic mass is 16.6. The number of nitrogens with one attached hydrogen (secondary N) is 2. The van der Waals surface area contributed by atoms with E-state index in [0.717, 1.165) is 0 Å². The summed E-state index contributed by atoms with van der Waals surface area (Å²) in [4.78, 5) is 25.7. The molecule has 0 radical (unpaired) electrons. The lowest BCUT2D eigenvalue weighted by Crippen LogP contribution is -2.17. The van der Waals surface area contributed by atoms with E-state index in [1.54, 1.807) is 18.3 Å². The molecule has 3 aromatic heterocycles. The molecule has 0 bridgehead atoms. The topological polar surface area (TPSA) is 139 Å². The molecule has 0 unspecified atom stereocenters. The van der Waals surface area contributed by atoms with Crippen molar-refractivity contribution in [1.29, 1.82) is 0 Å². The number of aromatic amines is 1. The van der Waals surface area contributed by atoms with Crippen LogP contribution in [-0.2, 0) is 0 Å². The number of carbonyl (C=O) groups is 1. The van der Waals surface area contributed by atoms with Gasteiger partial charge in [-0.25, -0.2) is 5.43 Å². The molecule has 3 rings (SSSR count). The molecule has 1 amide bonds. The summed E-state index contributed by atoms with van der Waals surface area (Å²) in [5.74, 6) is -0.596. The molecule has 0 spiro atoms. The Kier molecular flexibility index (Phi) is 4.10. The number of aromatic nitrogens is 3. The largest absolute Gasteiger partial charge is 0.433 e. The first-order valence-electron chi connectivity index (χ1n) is 6.67. The summed E-state index contributed by atoms with van der Waals surface area (Å²) in [6, 6.07) is 5.90. The Morgan fingerprint density at radius 3 is 3.00 bits per heavy atom. The van der Waals surface area contributed by atoms with Gasteiger partial charge in [-0.2, -0.15) is 10.2 Å². The number of hydrogen-bond acceptors (Lipinski definition) is 7. The summed E-state index contributed by atoms with van der Waals surface area (Å²) < 4.78 is 5.09. The normalized spacial score (nSPS) is 10.8. The third-order valence-corrected chi connectivity index (χ3v) is 2.97. The number of pyridine rings is 1. The number of rotatable bonds is 5. The van der Waals surface area contributed by atoms with Crippen molar-refractivity contribution < 1.29 is 14.1 Å². The van der Waals surface area contributed by atoms with E-state index in [4.69, 9.17) is 4.42 Å². The van der Waals surface area contributed by atoms with Gasteiger partial charge in [-0.15, -0.1) is 0 Å². The van der Waals surface area contributed by atoms with Crippen molar-refractivity contribution in [3.63, 3.8) is 0 Å².